The van der Waals surface area contributed by atoms with E-state index < -0.39 is 15.9 Å². The van der Waals surface area contributed by atoms with Gasteiger partial charge in [-0.1, -0.05) is 31.7 Å². The number of hydrogen-bond donors (Lipinski definition) is 3. The third-order valence-corrected chi connectivity index (χ3v) is 6.78. The van der Waals surface area contributed by atoms with Crippen LogP contribution in [0, 0.1) is 5.92 Å². The predicted octanol–water partition coefficient (Wildman–Crippen LogP) is 3.17. The van der Waals surface area contributed by atoms with E-state index in [1.54, 1.807) is 30.3 Å². The summed E-state index contributed by atoms with van der Waals surface area (Å²) in [7, 11) is -2.33. The summed E-state index contributed by atoms with van der Waals surface area (Å²) in [6, 6.07) is 12.0. The molecule has 0 heterocycles. The normalized spacial score (nSPS) is 15.5. The zero-order valence-corrected chi connectivity index (χ0v) is 17.8. The summed E-state index contributed by atoms with van der Waals surface area (Å²) in [6.45, 7) is -0.140. The van der Waals surface area contributed by atoms with Crippen molar-refractivity contribution in [3.8, 4) is 5.75 Å². The maximum absolute atomic E-state index is 12.7. The number of aliphatic hydroxyl groups is 1. The molecule has 2 aromatic carbocycles. The largest absolute Gasteiger partial charge is 0.497 e. The average molecular weight is 433 g/mol. The molecule has 1 unspecified atom stereocenters. The Morgan fingerprint density at radius 2 is 1.87 bits per heavy atom. The first-order chi connectivity index (χ1) is 14.4. The summed E-state index contributed by atoms with van der Waals surface area (Å²) in [4.78, 5) is 12.6. The summed E-state index contributed by atoms with van der Waals surface area (Å²) >= 11 is 0. The van der Waals surface area contributed by atoms with Gasteiger partial charge in [0, 0.05) is 11.3 Å². The zero-order chi connectivity index (χ0) is 21.6. The molecule has 0 spiro atoms. The van der Waals surface area contributed by atoms with E-state index in [0.29, 0.717) is 17.4 Å². The first-order valence-electron chi connectivity index (χ1n) is 10.1. The van der Waals surface area contributed by atoms with Crippen LogP contribution in [-0.4, -0.2) is 39.2 Å². The molecule has 1 atom stereocenters. The van der Waals surface area contributed by atoms with Crippen molar-refractivity contribution in [2.24, 2.45) is 5.92 Å². The fourth-order valence-corrected chi connectivity index (χ4v) is 4.88. The highest BCUT2D eigenvalue weighted by atomic mass is 32.2. The van der Waals surface area contributed by atoms with Gasteiger partial charge in [-0.15, -0.1) is 0 Å². The second-order valence-electron chi connectivity index (χ2n) is 7.60. The van der Waals surface area contributed by atoms with Gasteiger partial charge in [0.15, 0.2) is 0 Å². The Kier molecular flexibility index (Phi) is 7.33. The fourth-order valence-electron chi connectivity index (χ4n) is 3.77. The quantitative estimate of drug-likeness (QED) is 0.565. The summed E-state index contributed by atoms with van der Waals surface area (Å²) in [6.07, 6.45) is 5.36. The van der Waals surface area contributed by atoms with Crippen molar-refractivity contribution in [3.05, 3.63) is 54.1 Å². The van der Waals surface area contributed by atoms with Crippen molar-refractivity contribution in [3.63, 3.8) is 0 Å². The van der Waals surface area contributed by atoms with Gasteiger partial charge in [0.2, 0.25) is 0 Å². The Hall–Kier alpha value is -2.58. The number of nitrogens with one attached hydrogen (secondary N) is 2. The molecule has 0 radical (unpaired) electrons. The Morgan fingerprint density at radius 1 is 1.17 bits per heavy atom. The molecule has 1 aliphatic rings. The van der Waals surface area contributed by atoms with Crippen LogP contribution in [0.5, 0.6) is 5.75 Å². The average Bonchev–Trinajstić information content (AvgIpc) is 3.26. The monoisotopic (exact) mass is 432 g/mol. The van der Waals surface area contributed by atoms with E-state index in [2.05, 4.69) is 10.0 Å². The van der Waals surface area contributed by atoms with E-state index in [0.717, 1.165) is 19.3 Å². The number of sulfonamides is 1. The molecule has 3 rings (SSSR count). The third kappa shape index (κ3) is 5.73. The number of ether oxygens (including phenoxy) is 1. The number of aliphatic hydroxyl groups excluding tert-OH is 1. The minimum Gasteiger partial charge on any atom is -0.497 e. The number of anilines is 1. The lowest BCUT2D eigenvalue weighted by Gasteiger charge is -2.20. The molecule has 0 saturated heterocycles. The maximum atomic E-state index is 12.7. The van der Waals surface area contributed by atoms with Gasteiger partial charge >= 0.3 is 0 Å². The molecule has 1 saturated carbocycles. The third-order valence-electron chi connectivity index (χ3n) is 5.40. The smallest absolute Gasteiger partial charge is 0.261 e. The SMILES string of the molecule is COc1ccc(NS(=O)(=O)c2cccc(C(=O)NC(CO)CC3CCCC3)c2)cc1. The van der Waals surface area contributed by atoms with Crippen LogP contribution in [0.1, 0.15) is 42.5 Å². The number of rotatable bonds is 9. The van der Waals surface area contributed by atoms with E-state index in [1.165, 1.54) is 38.2 Å². The van der Waals surface area contributed by atoms with Crippen molar-refractivity contribution in [2.45, 2.75) is 43.0 Å². The van der Waals surface area contributed by atoms with E-state index in [1.807, 2.05) is 0 Å². The Labute approximate surface area is 177 Å². The number of hydrogen-bond acceptors (Lipinski definition) is 5. The number of methoxy groups -OCH3 is 1. The molecule has 1 amide bonds. The van der Waals surface area contributed by atoms with Crippen molar-refractivity contribution in [2.75, 3.05) is 18.4 Å². The highest BCUT2D eigenvalue weighted by molar-refractivity contribution is 7.92. The predicted molar refractivity (Wildman–Crippen MR) is 115 cm³/mol. The molecule has 3 N–H and O–H groups in total. The number of amides is 1. The van der Waals surface area contributed by atoms with Gasteiger partial charge in [0.1, 0.15) is 5.75 Å². The van der Waals surface area contributed by atoms with Crippen LogP contribution in [0.3, 0.4) is 0 Å². The minimum absolute atomic E-state index is 0.0118. The van der Waals surface area contributed by atoms with Crippen molar-refractivity contribution in [1.29, 1.82) is 0 Å². The lowest BCUT2D eigenvalue weighted by molar-refractivity contribution is 0.0906. The fraction of sp³-hybridized carbons (Fsp3) is 0.409. The van der Waals surface area contributed by atoms with Crippen LogP contribution < -0.4 is 14.8 Å². The van der Waals surface area contributed by atoms with E-state index >= 15 is 0 Å². The second kappa shape index (κ2) is 9.95. The standard InChI is InChI=1S/C22H28N2O5S/c1-29-20-11-9-18(10-12-20)24-30(27,28)21-8-4-7-17(14-21)22(26)23-19(15-25)13-16-5-2-3-6-16/h4,7-12,14,16,19,24-25H,2-3,5-6,13,15H2,1H3,(H,23,26). The lowest BCUT2D eigenvalue weighted by Crippen LogP contribution is -2.38. The van der Waals surface area contributed by atoms with Gasteiger partial charge in [-0.2, -0.15) is 0 Å². The summed E-state index contributed by atoms with van der Waals surface area (Å²) in [5.74, 6) is 0.740. The molecule has 0 aromatic heterocycles. The molecular formula is C22H28N2O5S. The minimum atomic E-state index is -3.86. The molecule has 8 heteroatoms. The van der Waals surface area contributed by atoms with Gasteiger partial charge < -0.3 is 15.2 Å². The summed E-state index contributed by atoms with van der Waals surface area (Å²) < 4.78 is 33.0. The first-order valence-corrected chi connectivity index (χ1v) is 11.6. The van der Waals surface area contributed by atoms with Crippen LogP contribution >= 0.6 is 0 Å². The zero-order valence-electron chi connectivity index (χ0n) is 17.0. The molecule has 7 nitrogen and oxygen atoms in total. The Morgan fingerprint density at radius 3 is 2.50 bits per heavy atom. The topological polar surface area (TPSA) is 105 Å². The number of benzene rings is 2. The number of carbonyl (C=O) groups is 1. The first kappa shape index (κ1) is 22.1. The maximum Gasteiger partial charge on any atom is 0.261 e. The van der Waals surface area contributed by atoms with Crippen LogP contribution in [0.2, 0.25) is 0 Å². The lowest BCUT2D eigenvalue weighted by atomic mass is 9.98. The van der Waals surface area contributed by atoms with Gasteiger partial charge in [-0.25, -0.2) is 8.42 Å². The molecule has 0 aliphatic heterocycles. The van der Waals surface area contributed by atoms with E-state index in [-0.39, 0.29) is 23.1 Å². The van der Waals surface area contributed by atoms with Crippen LogP contribution in [0.4, 0.5) is 5.69 Å². The highest BCUT2D eigenvalue weighted by Gasteiger charge is 2.22. The molecule has 30 heavy (non-hydrogen) atoms. The van der Waals surface area contributed by atoms with Crippen molar-refractivity contribution < 1.29 is 23.1 Å². The van der Waals surface area contributed by atoms with Gasteiger partial charge in [0.05, 0.1) is 24.7 Å². The highest BCUT2D eigenvalue weighted by Crippen LogP contribution is 2.28. The van der Waals surface area contributed by atoms with Crippen molar-refractivity contribution >= 4 is 21.6 Å². The van der Waals surface area contributed by atoms with E-state index in [9.17, 15) is 18.3 Å². The van der Waals surface area contributed by atoms with Crippen LogP contribution in [0.15, 0.2) is 53.4 Å². The summed E-state index contributed by atoms with van der Waals surface area (Å²) in [5, 5.41) is 12.5. The van der Waals surface area contributed by atoms with Crippen LogP contribution in [-0.2, 0) is 10.0 Å². The van der Waals surface area contributed by atoms with Gasteiger partial charge in [-0.3, -0.25) is 9.52 Å². The molecule has 162 valence electrons. The molecule has 0 bridgehead atoms. The molecular weight excluding hydrogens is 404 g/mol. The van der Waals surface area contributed by atoms with Crippen molar-refractivity contribution in [1.82, 2.24) is 5.32 Å². The van der Waals surface area contributed by atoms with E-state index in [4.69, 9.17) is 4.74 Å². The molecule has 2 aromatic rings. The van der Waals surface area contributed by atoms with Gasteiger partial charge in [-0.05, 0) is 54.8 Å². The number of carbonyl (C=O) groups excluding carboxylic acids is 1. The molecule has 1 aliphatic carbocycles. The van der Waals surface area contributed by atoms with Gasteiger partial charge in [0.25, 0.3) is 15.9 Å². The Balaban J connectivity index is 1.69. The Bertz CT molecular complexity index is 954. The van der Waals surface area contributed by atoms with Crippen LogP contribution in [0.25, 0.3) is 0 Å². The second-order valence-corrected chi connectivity index (χ2v) is 9.28. The summed E-state index contributed by atoms with van der Waals surface area (Å²) in [5.41, 5.74) is 0.625. The molecule has 1 fully saturated rings.